The number of fused-ring (bicyclic) bond motifs is 1. The highest BCUT2D eigenvalue weighted by Crippen LogP contribution is 2.33. The normalized spacial score (nSPS) is 23.6. The Bertz CT molecular complexity index is 857. The van der Waals surface area contributed by atoms with Crippen LogP contribution < -0.4 is 4.90 Å². The molecule has 1 aromatic carbocycles. The summed E-state index contributed by atoms with van der Waals surface area (Å²) >= 11 is 0. The van der Waals surface area contributed by atoms with E-state index >= 15 is 0 Å². The lowest BCUT2D eigenvalue weighted by atomic mass is 9.97. The number of imide groups is 1. The van der Waals surface area contributed by atoms with Gasteiger partial charge in [-0.05, 0) is 49.8 Å². The molecule has 3 aliphatic rings. The number of benzene rings is 1. The maximum absolute atomic E-state index is 13.0. The van der Waals surface area contributed by atoms with Crippen molar-refractivity contribution in [2.75, 3.05) is 31.6 Å². The van der Waals surface area contributed by atoms with Gasteiger partial charge in [0, 0.05) is 38.1 Å². The summed E-state index contributed by atoms with van der Waals surface area (Å²) in [4.78, 5) is 43.3. The van der Waals surface area contributed by atoms with Gasteiger partial charge in [-0.3, -0.25) is 19.3 Å². The van der Waals surface area contributed by atoms with Gasteiger partial charge in [0.1, 0.15) is 6.04 Å². The van der Waals surface area contributed by atoms with Crippen molar-refractivity contribution in [3.05, 3.63) is 41.6 Å². The van der Waals surface area contributed by atoms with E-state index in [1.165, 1.54) is 4.90 Å². The lowest BCUT2D eigenvalue weighted by molar-refractivity contribution is -0.134. The summed E-state index contributed by atoms with van der Waals surface area (Å²) in [5.74, 6) is -0.735. The van der Waals surface area contributed by atoms with Gasteiger partial charge < -0.3 is 14.9 Å². The second-order valence-electron chi connectivity index (χ2n) is 7.84. The summed E-state index contributed by atoms with van der Waals surface area (Å²) in [7, 11) is 1.63. The van der Waals surface area contributed by atoms with Crippen molar-refractivity contribution in [1.82, 2.24) is 9.80 Å². The van der Waals surface area contributed by atoms with E-state index in [0.29, 0.717) is 35.6 Å². The van der Waals surface area contributed by atoms with Crippen LogP contribution in [0.2, 0.25) is 0 Å². The fraction of sp³-hybridized carbons (Fsp3) is 0.476. The molecule has 7 heteroatoms. The van der Waals surface area contributed by atoms with E-state index in [0.717, 1.165) is 36.5 Å². The Morgan fingerprint density at radius 1 is 1.07 bits per heavy atom. The number of aliphatic hydroxyl groups is 1. The van der Waals surface area contributed by atoms with E-state index in [1.54, 1.807) is 19.2 Å². The molecular formula is C21H25N3O4. The van der Waals surface area contributed by atoms with Crippen molar-refractivity contribution in [3.8, 4) is 0 Å². The van der Waals surface area contributed by atoms with Gasteiger partial charge in [0.15, 0.2) is 0 Å². The van der Waals surface area contributed by atoms with Crippen LogP contribution in [0.5, 0.6) is 0 Å². The second-order valence-corrected chi connectivity index (χ2v) is 7.84. The predicted octanol–water partition coefficient (Wildman–Crippen LogP) is 1.63. The topological polar surface area (TPSA) is 81.2 Å². The first kappa shape index (κ1) is 18.7. The van der Waals surface area contributed by atoms with Crippen LogP contribution in [0.4, 0.5) is 5.69 Å². The highest BCUT2D eigenvalue weighted by Gasteiger charge is 2.45. The van der Waals surface area contributed by atoms with E-state index in [-0.39, 0.29) is 12.5 Å². The second kappa shape index (κ2) is 7.05. The zero-order valence-corrected chi connectivity index (χ0v) is 16.1. The van der Waals surface area contributed by atoms with Crippen LogP contribution in [0.15, 0.2) is 30.5 Å². The van der Waals surface area contributed by atoms with Crippen LogP contribution in [0, 0.1) is 5.92 Å². The number of amides is 3. The quantitative estimate of drug-likeness (QED) is 0.803. The number of carbonyl (C=O) groups is 3. The van der Waals surface area contributed by atoms with E-state index in [9.17, 15) is 19.5 Å². The number of allylic oxidation sites excluding steroid dienone is 1. The van der Waals surface area contributed by atoms with Crippen LogP contribution in [0.1, 0.15) is 46.4 Å². The zero-order chi connectivity index (χ0) is 20.0. The van der Waals surface area contributed by atoms with Crippen LogP contribution in [-0.2, 0) is 4.79 Å². The first-order valence-electron chi connectivity index (χ1n) is 9.75. The lowest BCUT2D eigenvalue weighted by Crippen LogP contribution is -2.52. The molecule has 0 aliphatic carbocycles. The third kappa shape index (κ3) is 2.90. The molecule has 148 valence electrons. The molecule has 0 radical (unpaired) electrons. The number of hydrogen-bond donors (Lipinski definition) is 1. The summed E-state index contributed by atoms with van der Waals surface area (Å²) in [5, 5.41) is 9.31. The molecule has 0 aromatic heterocycles. The maximum atomic E-state index is 13.0. The van der Waals surface area contributed by atoms with Crippen LogP contribution in [0.3, 0.4) is 0 Å². The Kier molecular flexibility index (Phi) is 4.71. The number of anilines is 1. The molecule has 0 saturated carbocycles. The van der Waals surface area contributed by atoms with Gasteiger partial charge >= 0.3 is 0 Å². The number of nitrogens with zero attached hydrogens (tertiary/aromatic N) is 3. The molecule has 1 aromatic rings. The van der Waals surface area contributed by atoms with E-state index in [1.807, 2.05) is 6.07 Å². The van der Waals surface area contributed by atoms with Gasteiger partial charge in [0.2, 0.25) is 5.91 Å². The minimum Gasteiger partial charge on any atom is -0.396 e. The van der Waals surface area contributed by atoms with Gasteiger partial charge in [-0.1, -0.05) is 6.58 Å². The largest absolute Gasteiger partial charge is 0.396 e. The van der Waals surface area contributed by atoms with Crippen LogP contribution in [-0.4, -0.2) is 65.4 Å². The number of piperidine rings is 2. The van der Waals surface area contributed by atoms with Crippen molar-refractivity contribution in [3.63, 3.8) is 0 Å². The third-order valence-electron chi connectivity index (χ3n) is 6.25. The first-order chi connectivity index (χ1) is 13.4. The highest BCUT2D eigenvalue weighted by atomic mass is 16.3. The van der Waals surface area contributed by atoms with E-state index < -0.39 is 17.9 Å². The van der Waals surface area contributed by atoms with Crippen molar-refractivity contribution < 1.29 is 19.5 Å². The number of carbonyl (C=O) groups excluding carboxylic acids is 3. The van der Waals surface area contributed by atoms with Gasteiger partial charge in [-0.25, -0.2) is 0 Å². The molecule has 7 nitrogen and oxygen atoms in total. The van der Waals surface area contributed by atoms with E-state index in [4.69, 9.17) is 0 Å². The van der Waals surface area contributed by atoms with Crippen LogP contribution >= 0.6 is 0 Å². The highest BCUT2D eigenvalue weighted by molar-refractivity contribution is 6.23. The minimum atomic E-state index is -0.772. The minimum absolute atomic E-state index is 0.205. The average Bonchev–Trinajstić information content (AvgIpc) is 2.96. The summed E-state index contributed by atoms with van der Waals surface area (Å²) in [6, 6.07) is 4.55. The number of likely N-dealkylation sites (N-methyl/N-ethyl adjacent to an activating group) is 1. The number of hydrogen-bond acceptors (Lipinski definition) is 5. The average molecular weight is 383 g/mol. The summed E-state index contributed by atoms with van der Waals surface area (Å²) in [6.07, 6.45) is 2.79. The zero-order valence-electron chi connectivity index (χ0n) is 16.1. The Hall–Kier alpha value is -2.67. The molecule has 1 N–H and O–H groups in total. The molecule has 4 rings (SSSR count). The van der Waals surface area contributed by atoms with E-state index in [2.05, 4.69) is 11.5 Å². The Morgan fingerprint density at radius 3 is 2.43 bits per heavy atom. The molecule has 3 amide bonds. The molecule has 2 saturated heterocycles. The van der Waals surface area contributed by atoms with Gasteiger partial charge in [0.25, 0.3) is 11.8 Å². The number of likely N-dealkylation sites (tertiary alicyclic amines) is 1. The van der Waals surface area contributed by atoms with Crippen molar-refractivity contribution in [2.45, 2.75) is 31.7 Å². The summed E-state index contributed by atoms with van der Waals surface area (Å²) < 4.78 is 0. The molecule has 1 atom stereocenters. The van der Waals surface area contributed by atoms with Gasteiger partial charge in [-0.2, -0.15) is 0 Å². The summed E-state index contributed by atoms with van der Waals surface area (Å²) in [6.45, 7) is 5.68. The fourth-order valence-corrected chi connectivity index (χ4v) is 4.31. The van der Waals surface area contributed by atoms with Crippen LogP contribution in [0.25, 0.3) is 0 Å². The van der Waals surface area contributed by atoms with Crippen molar-refractivity contribution in [2.24, 2.45) is 5.92 Å². The monoisotopic (exact) mass is 383 g/mol. The van der Waals surface area contributed by atoms with Gasteiger partial charge in [0.05, 0.1) is 11.1 Å². The molecule has 28 heavy (non-hydrogen) atoms. The smallest absolute Gasteiger partial charge is 0.262 e. The van der Waals surface area contributed by atoms with Gasteiger partial charge in [-0.15, -0.1) is 0 Å². The SMILES string of the molecule is C=C1CCC(N2C(=O)c3ccc(N4CCC(CO)CC4)cc3C2=O)C(=O)N1C. The maximum Gasteiger partial charge on any atom is 0.262 e. The Labute approximate surface area is 164 Å². The number of aliphatic hydroxyl groups excluding tert-OH is 1. The molecule has 3 heterocycles. The lowest BCUT2D eigenvalue weighted by Gasteiger charge is -2.34. The molecule has 1 unspecified atom stereocenters. The molecule has 0 spiro atoms. The standard InChI is InChI=1S/C21H25N3O4/c1-13-3-6-18(21(28)22(13)2)24-19(26)16-5-4-15(11-17(16)20(24)27)23-9-7-14(12-25)8-10-23/h4-5,11,14,18,25H,1,3,6-10,12H2,2H3. The molecule has 3 aliphatic heterocycles. The van der Waals surface area contributed by atoms with Crippen molar-refractivity contribution >= 4 is 23.4 Å². The molecular weight excluding hydrogens is 358 g/mol. The van der Waals surface area contributed by atoms with Crippen molar-refractivity contribution in [1.29, 1.82) is 0 Å². The molecule has 0 bridgehead atoms. The first-order valence-corrected chi connectivity index (χ1v) is 9.75. The Balaban J connectivity index is 1.58. The summed E-state index contributed by atoms with van der Waals surface area (Å²) in [5.41, 5.74) is 2.33. The number of rotatable bonds is 3. The predicted molar refractivity (Wildman–Crippen MR) is 104 cm³/mol. The molecule has 2 fully saturated rings. The fourth-order valence-electron chi connectivity index (χ4n) is 4.31. The Morgan fingerprint density at radius 2 is 1.75 bits per heavy atom. The third-order valence-corrected chi connectivity index (χ3v) is 6.25.